The summed E-state index contributed by atoms with van der Waals surface area (Å²) in [5, 5.41) is 17.6. The lowest BCUT2D eigenvalue weighted by atomic mass is 9.82. The summed E-state index contributed by atoms with van der Waals surface area (Å²) in [6, 6.07) is 17.1. The van der Waals surface area contributed by atoms with Crippen LogP contribution in [0.25, 0.3) is 11.3 Å². The monoisotopic (exact) mass is 378 g/mol. The average molecular weight is 379 g/mol. The first-order chi connectivity index (χ1) is 13.2. The van der Waals surface area contributed by atoms with E-state index in [1.54, 1.807) is 13.2 Å². The Morgan fingerprint density at radius 2 is 1.96 bits per heavy atom. The SMILES string of the molecule is COc1ccccc1C1C(C#N)=C(N)Oc2n[nH]c(-c3ccccc3Cl)c21. The number of halogens is 1. The van der Waals surface area contributed by atoms with E-state index in [4.69, 9.17) is 26.8 Å². The number of benzene rings is 2. The smallest absolute Gasteiger partial charge is 0.244 e. The Hall–Kier alpha value is -3.43. The van der Waals surface area contributed by atoms with Gasteiger partial charge in [-0.05, 0) is 12.1 Å². The lowest BCUT2D eigenvalue weighted by Crippen LogP contribution is -2.21. The number of para-hydroxylation sites is 1. The minimum absolute atomic E-state index is 0.0260. The minimum Gasteiger partial charge on any atom is -0.496 e. The molecule has 1 unspecified atom stereocenters. The third kappa shape index (κ3) is 2.69. The molecule has 0 saturated carbocycles. The number of aromatic amines is 1. The summed E-state index contributed by atoms with van der Waals surface area (Å²) in [5.41, 5.74) is 9.22. The van der Waals surface area contributed by atoms with Crippen LogP contribution in [0.5, 0.6) is 11.6 Å². The number of hydrogen-bond donors (Lipinski definition) is 2. The van der Waals surface area contributed by atoms with Gasteiger partial charge in [-0.1, -0.05) is 48.0 Å². The van der Waals surface area contributed by atoms with Gasteiger partial charge in [0, 0.05) is 16.1 Å². The Kier molecular flexibility index (Phi) is 4.22. The van der Waals surface area contributed by atoms with Crippen LogP contribution in [0.3, 0.4) is 0 Å². The van der Waals surface area contributed by atoms with Crippen LogP contribution in [0.4, 0.5) is 0 Å². The first-order valence-corrected chi connectivity index (χ1v) is 8.57. The summed E-state index contributed by atoms with van der Waals surface area (Å²) in [5.74, 6) is 0.484. The largest absolute Gasteiger partial charge is 0.496 e. The molecule has 3 N–H and O–H groups in total. The van der Waals surface area contributed by atoms with Crippen LogP contribution in [-0.4, -0.2) is 17.3 Å². The van der Waals surface area contributed by atoms with E-state index >= 15 is 0 Å². The van der Waals surface area contributed by atoms with Crippen molar-refractivity contribution in [2.45, 2.75) is 5.92 Å². The van der Waals surface area contributed by atoms with Crippen molar-refractivity contribution in [1.29, 1.82) is 5.26 Å². The highest BCUT2D eigenvalue weighted by atomic mass is 35.5. The highest BCUT2D eigenvalue weighted by molar-refractivity contribution is 6.33. The molecule has 27 heavy (non-hydrogen) atoms. The lowest BCUT2D eigenvalue weighted by Gasteiger charge is -2.25. The van der Waals surface area contributed by atoms with E-state index in [0.717, 1.165) is 11.1 Å². The Morgan fingerprint density at radius 1 is 1.22 bits per heavy atom. The maximum Gasteiger partial charge on any atom is 0.244 e. The van der Waals surface area contributed by atoms with Crippen LogP contribution in [0, 0.1) is 11.3 Å². The normalized spacial score (nSPS) is 15.7. The molecule has 0 bridgehead atoms. The number of nitrogens with zero attached hydrogens (tertiary/aromatic N) is 2. The number of aromatic nitrogens is 2. The summed E-state index contributed by atoms with van der Waals surface area (Å²) >= 11 is 6.39. The summed E-state index contributed by atoms with van der Waals surface area (Å²) in [7, 11) is 1.59. The number of rotatable bonds is 3. The quantitative estimate of drug-likeness (QED) is 0.719. The number of fused-ring (bicyclic) bond motifs is 1. The number of hydrogen-bond acceptors (Lipinski definition) is 5. The number of nitrogens with two attached hydrogens (primary N) is 1. The van der Waals surface area contributed by atoms with Gasteiger partial charge < -0.3 is 15.2 Å². The first kappa shape index (κ1) is 17.0. The molecule has 1 atom stereocenters. The molecule has 0 aliphatic carbocycles. The second kappa shape index (κ2) is 6.71. The van der Waals surface area contributed by atoms with E-state index < -0.39 is 5.92 Å². The molecule has 2 heterocycles. The number of methoxy groups -OCH3 is 1. The number of nitrogens with one attached hydrogen (secondary N) is 1. The fourth-order valence-electron chi connectivity index (χ4n) is 3.33. The van der Waals surface area contributed by atoms with Gasteiger partial charge in [-0.25, -0.2) is 0 Å². The van der Waals surface area contributed by atoms with Crippen LogP contribution in [0.1, 0.15) is 17.0 Å². The van der Waals surface area contributed by atoms with Gasteiger partial charge in [0.2, 0.25) is 11.8 Å². The van der Waals surface area contributed by atoms with Crippen LogP contribution < -0.4 is 15.2 Å². The molecular weight excluding hydrogens is 364 g/mol. The molecule has 1 aromatic heterocycles. The van der Waals surface area contributed by atoms with E-state index in [1.165, 1.54) is 0 Å². The topological polar surface area (TPSA) is 96.9 Å². The van der Waals surface area contributed by atoms with Gasteiger partial charge in [0.15, 0.2) is 0 Å². The minimum atomic E-state index is -0.500. The summed E-state index contributed by atoms with van der Waals surface area (Å²) in [6.07, 6.45) is 0. The third-order valence-electron chi connectivity index (χ3n) is 4.53. The van der Waals surface area contributed by atoms with E-state index in [9.17, 15) is 5.26 Å². The van der Waals surface area contributed by atoms with Crippen molar-refractivity contribution in [2.75, 3.05) is 7.11 Å². The predicted molar refractivity (Wildman–Crippen MR) is 101 cm³/mol. The first-order valence-electron chi connectivity index (χ1n) is 8.19. The molecule has 1 aliphatic heterocycles. The van der Waals surface area contributed by atoms with Crippen molar-refractivity contribution < 1.29 is 9.47 Å². The van der Waals surface area contributed by atoms with Crippen molar-refractivity contribution in [3.05, 3.63) is 76.1 Å². The van der Waals surface area contributed by atoms with Gasteiger partial charge in [0.25, 0.3) is 0 Å². The summed E-state index contributed by atoms with van der Waals surface area (Å²) < 4.78 is 11.1. The Balaban J connectivity index is 2.01. The fourth-order valence-corrected chi connectivity index (χ4v) is 3.56. The van der Waals surface area contributed by atoms with Gasteiger partial charge in [-0.15, -0.1) is 5.10 Å². The summed E-state index contributed by atoms with van der Waals surface area (Å²) in [4.78, 5) is 0. The van der Waals surface area contributed by atoms with E-state index in [1.807, 2.05) is 42.5 Å². The van der Waals surface area contributed by atoms with E-state index in [0.29, 0.717) is 33.5 Å². The molecule has 0 amide bonds. The summed E-state index contributed by atoms with van der Waals surface area (Å²) in [6.45, 7) is 0. The maximum absolute atomic E-state index is 9.77. The molecule has 134 valence electrons. The van der Waals surface area contributed by atoms with Gasteiger partial charge in [0.05, 0.1) is 24.3 Å². The number of allylic oxidation sites excluding steroid dienone is 1. The molecule has 0 radical (unpaired) electrons. The van der Waals surface area contributed by atoms with Crippen molar-refractivity contribution in [3.8, 4) is 29.0 Å². The van der Waals surface area contributed by atoms with Crippen LogP contribution in [0.15, 0.2) is 60.0 Å². The predicted octanol–water partition coefficient (Wildman–Crippen LogP) is 3.96. The zero-order valence-corrected chi connectivity index (χ0v) is 15.1. The Bertz CT molecular complexity index is 1100. The van der Waals surface area contributed by atoms with Crippen molar-refractivity contribution in [1.82, 2.24) is 10.2 Å². The third-order valence-corrected chi connectivity index (χ3v) is 4.86. The molecule has 7 heteroatoms. The zero-order chi connectivity index (χ0) is 19.0. The van der Waals surface area contributed by atoms with Crippen molar-refractivity contribution >= 4 is 11.6 Å². The molecule has 2 aromatic carbocycles. The molecule has 0 spiro atoms. The number of H-pyrrole nitrogens is 1. The molecule has 0 saturated heterocycles. The average Bonchev–Trinajstić information content (AvgIpc) is 3.10. The van der Waals surface area contributed by atoms with Gasteiger partial charge in [0.1, 0.15) is 17.4 Å². The zero-order valence-electron chi connectivity index (χ0n) is 14.4. The lowest BCUT2D eigenvalue weighted by molar-refractivity contribution is 0.375. The van der Waals surface area contributed by atoms with Crippen LogP contribution in [0.2, 0.25) is 5.02 Å². The number of nitriles is 1. The van der Waals surface area contributed by atoms with Crippen molar-refractivity contribution in [2.24, 2.45) is 5.73 Å². The second-order valence-electron chi connectivity index (χ2n) is 5.96. The van der Waals surface area contributed by atoms with Gasteiger partial charge >= 0.3 is 0 Å². The van der Waals surface area contributed by atoms with Gasteiger partial charge in [-0.3, -0.25) is 5.10 Å². The maximum atomic E-state index is 9.77. The standard InChI is InChI=1S/C20H15ClN4O2/c1-26-15-9-5-3-7-12(15)16-13(10-22)19(23)27-20-17(16)18(24-25-20)11-6-2-4-8-14(11)21/h2-9,16H,23H2,1H3,(H,24,25). The molecule has 3 aromatic rings. The second-order valence-corrected chi connectivity index (χ2v) is 6.37. The number of ether oxygens (including phenoxy) is 2. The molecular formula is C20H15ClN4O2. The Morgan fingerprint density at radius 3 is 2.70 bits per heavy atom. The highest BCUT2D eigenvalue weighted by Crippen LogP contribution is 2.48. The highest BCUT2D eigenvalue weighted by Gasteiger charge is 2.37. The molecule has 4 rings (SSSR count). The van der Waals surface area contributed by atoms with Gasteiger partial charge in [-0.2, -0.15) is 5.26 Å². The van der Waals surface area contributed by atoms with E-state index in [2.05, 4.69) is 16.3 Å². The Labute approximate surface area is 160 Å². The molecule has 6 nitrogen and oxygen atoms in total. The van der Waals surface area contributed by atoms with Crippen LogP contribution >= 0.6 is 11.6 Å². The molecule has 1 aliphatic rings. The van der Waals surface area contributed by atoms with Crippen molar-refractivity contribution in [3.63, 3.8) is 0 Å². The fraction of sp³-hybridized carbons (Fsp3) is 0.100. The van der Waals surface area contributed by atoms with Crippen LogP contribution in [-0.2, 0) is 0 Å². The van der Waals surface area contributed by atoms with E-state index in [-0.39, 0.29) is 5.88 Å². The molecule has 0 fully saturated rings.